The fourth-order valence-corrected chi connectivity index (χ4v) is 3.10. The van der Waals surface area contributed by atoms with E-state index >= 15 is 0 Å². The molecular weight excluding hydrogens is 238 g/mol. The predicted molar refractivity (Wildman–Crippen MR) is 62.4 cm³/mol. The van der Waals surface area contributed by atoms with Crippen LogP contribution in [0, 0.1) is 0 Å². The van der Waals surface area contributed by atoms with Crippen LogP contribution in [0.4, 0.5) is 0 Å². The minimum absolute atomic E-state index is 0.182. The van der Waals surface area contributed by atoms with Crippen LogP contribution in [0.25, 0.3) is 10.2 Å². The van der Waals surface area contributed by atoms with Crippen molar-refractivity contribution >= 4 is 44.9 Å². The number of hydrogen-bond donors (Lipinski definition) is 1. The lowest BCUT2D eigenvalue weighted by atomic mass is 10.3. The molecule has 1 aromatic heterocycles. The highest BCUT2D eigenvalue weighted by Crippen LogP contribution is 2.30. The molecule has 14 heavy (non-hydrogen) atoms. The van der Waals surface area contributed by atoms with Gasteiger partial charge in [0.1, 0.15) is 0 Å². The smallest absolute Gasteiger partial charge is 0.151 e. The maximum absolute atomic E-state index is 8.68. The largest absolute Gasteiger partial charge is 0.396 e. The molecule has 74 valence electrons. The summed E-state index contributed by atoms with van der Waals surface area (Å²) in [5.74, 6) is 0.688. The maximum Gasteiger partial charge on any atom is 0.151 e. The molecule has 1 aromatic carbocycles. The Morgan fingerprint density at radius 2 is 2.36 bits per heavy atom. The van der Waals surface area contributed by atoms with Crippen molar-refractivity contribution in [3.63, 3.8) is 0 Å². The zero-order valence-corrected chi connectivity index (χ0v) is 9.62. The first-order valence-electron chi connectivity index (χ1n) is 4.09. The van der Waals surface area contributed by atoms with Crippen LogP contribution in [0.15, 0.2) is 22.5 Å². The van der Waals surface area contributed by atoms with E-state index in [4.69, 9.17) is 16.7 Å². The van der Waals surface area contributed by atoms with Crippen molar-refractivity contribution in [3.05, 3.63) is 23.2 Å². The van der Waals surface area contributed by atoms with E-state index in [1.807, 2.05) is 18.2 Å². The third-order valence-corrected chi connectivity index (χ3v) is 4.04. The standard InChI is InChI=1S/C9H8ClNOS2/c10-6-1-2-8-7(5-6)11-9(14-8)13-4-3-12/h1-2,5,12H,3-4H2. The fourth-order valence-electron chi connectivity index (χ4n) is 1.07. The monoisotopic (exact) mass is 245 g/mol. The topological polar surface area (TPSA) is 33.1 Å². The average Bonchev–Trinajstić information content (AvgIpc) is 2.56. The van der Waals surface area contributed by atoms with Gasteiger partial charge in [0, 0.05) is 10.8 Å². The van der Waals surface area contributed by atoms with Crippen molar-refractivity contribution in [3.8, 4) is 0 Å². The van der Waals surface area contributed by atoms with E-state index in [2.05, 4.69) is 4.98 Å². The molecule has 5 heteroatoms. The van der Waals surface area contributed by atoms with Gasteiger partial charge in [0.05, 0.1) is 16.8 Å². The lowest BCUT2D eigenvalue weighted by Gasteiger charge is -1.89. The maximum atomic E-state index is 8.68. The summed E-state index contributed by atoms with van der Waals surface area (Å²) in [5.41, 5.74) is 0.933. The molecule has 2 aromatic rings. The molecule has 0 bridgehead atoms. The number of aromatic nitrogens is 1. The summed E-state index contributed by atoms with van der Waals surface area (Å²) in [5, 5.41) is 9.39. The van der Waals surface area contributed by atoms with Crippen LogP contribution in [0.1, 0.15) is 0 Å². The quantitative estimate of drug-likeness (QED) is 0.844. The fraction of sp³-hybridized carbons (Fsp3) is 0.222. The highest BCUT2D eigenvalue weighted by atomic mass is 35.5. The first-order chi connectivity index (χ1) is 6.79. The van der Waals surface area contributed by atoms with E-state index in [1.54, 1.807) is 23.1 Å². The van der Waals surface area contributed by atoms with Gasteiger partial charge in [-0.15, -0.1) is 11.3 Å². The highest BCUT2D eigenvalue weighted by Gasteiger charge is 2.03. The Kier molecular flexibility index (Phi) is 3.28. The molecule has 0 atom stereocenters. The van der Waals surface area contributed by atoms with Crippen molar-refractivity contribution in [1.29, 1.82) is 0 Å². The first kappa shape index (κ1) is 10.2. The predicted octanol–water partition coefficient (Wildman–Crippen LogP) is 3.03. The number of halogens is 1. The van der Waals surface area contributed by atoms with Crippen molar-refractivity contribution in [2.75, 3.05) is 12.4 Å². The molecule has 2 rings (SSSR count). The van der Waals surface area contributed by atoms with Crippen LogP contribution < -0.4 is 0 Å². The minimum atomic E-state index is 0.182. The number of hydrogen-bond acceptors (Lipinski definition) is 4. The zero-order chi connectivity index (χ0) is 9.97. The van der Waals surface area contributed by atoms with Crippen LogP contribution in [0.3, 0.4) is 0 Å². The Morgan fingerprint density at radius 1 is 1.50 bits per heavy atom. The molecule has 0 saturated heterocycles. The van der Waals surface area contributed by atoms with Crippen LogP contribution in [-0.2, 0) is 0 Å². The van der Waals surface area contributed by atoms with Gasteiger partial charge in [0.2, 0.25) is 0 Å². The summed E-state index contributed by atoms with van der Waals surface area (Å²) in [6.45, 7) is 0.182. The molecule has 0 spiro atoms. The second-order valence-corrected chi connectivity index (χ2v) is 5.47. The lowest BCUT2D eigenvalue weighted by Crippen LogP contribution is -1.84. The molecule has 1 N–H and O–H groups in total. The van der Waals surface area contributed by atoms with Crippen LogP contribution in [0.2, 0.25) is 5.02 Å². The van der Waals surface area contributed by atoms with Crippen molar-refractivity contribution in [1.82, 2.24) is 4.98 Å². The number of aliphatic hydroxyl groups excluding tert-OH is 1. The summed E-state index contributed by atoms with van der Waals surface area (Å²) in [4.78, 5) is 4.40. The van der Waals surface area contributed by atoms with E-state index in [-0.39, 0.29) is 6.61 Å². The van der Waals surface area contributed by atoms with E-state index in [0.29, 0.717) is 10.8 Å². The van der Waals surface area contributed by atoms with Gasteiger partial charge < -0.3 is 5.11 Å². The minimum Gasteiger partial charge on any atom is -0.396 e. The zero-order valence-electron chi connectivity index (χ0n) is 7.24. The van der Waals surface area contributed by atoms with Crippen molar-refractivity contribution in [2.24, 2.45) is 0 Å². The third kappa shape index (κ3) is 2.20. The van der Waals surface area contributed by atoms with Gasteiger partial charge in [-0.05, 0) is 18.2 Å². The van der Waals surface area contributed by atoms with E-state index in [0.717, 1.165) is 14.6 Å². The van der Waals surface area contributed by atoms with Gasteiger partial charge in [-0.2, -0.15) is 0 Å². The molecule has 0 fully saturated rings. The van der Waals surface area contributed by atoms with Crippen molar-refractivity contribution in [2.45, 2.75) is 4.34 Å². The van der Waals surface area contributed by atoms with Gasteiger partial charge in [0.25, 0.3) is 0 Å². The summed E-state index contributed by atoms with van der Waals surface area (Å²) < 4.78 is 2.12. The van der Waals surface area contributed by atoms with E-state index < -0.39 is 0 Å². The molecule has 0 radical (unpaired) electrons. The number of rotatable bonds is 3. The van der Waals surface area contributed by atoms with E-state index in [9.17, 15) is 0 Å². The number of benzene rings is 1. The Morgan fingerprint density at radius 3 is 3.14 bits per heavy atom. The molecule has 0 aliphatic rings. The molecule has 2 nitrogen and oxygen atoms in total. The average molecular weight is 246 g/mol. The Hall–Kier alpha value is -0.290. The molecular formula is C9H8ClNOS2. The normalized spacial score (nSPS) is 11.0. The summed E-state index contributed by atoms with van der Waals surface area (Å²) in [6.07, 6.45) is 0. The Bertz CT molecular complexity index is 443. The van der Waals surface area contributed by atoms with Gasteiger partial charge in [-0.1, -0.05) is 23.4 Å². The second kappa shape index (κ2) is 4.49. The number of thioether (sulfide) groups is 1. The number of aliphatic hydroxyl groups is 1. The second-order valence-electron chi connectivity index (χ2n) is 2.66. The van der Waals surface area contributed by atoms with Gasteiger partial charge in [-0.3, -0.25) is 0 Å². The van der Waals surface area contributed by atoms with Crippen LogP contribution in [-0.4, -0.2) is 22.5 Å². The summed E-state index contributed by atoms with van der Waals surface area (Å²) in [6, 6.07) is 5.69. The molecule has 0 amide bonds. The van der Waals surface area contributed by atoms with Crippen LogP contribution >= 0.6 is 34.7 Å². The SMILES string of the molecule is OCCSc1nc2cc(Cl)ccc2s1. The van der Waals surface area contributed by atoms with Crippen LogP contribution in [0.5, 0.6) is 0 Å². The third-order valence-electron chi connectivity index (χ3n) is 1.65. The Labute approximate surface area is 94.9 Å². The van der Waals surface area contributed by atoms with Crippen molar-refractivity contribution < 1.29 is 5.11 Å². The summed E-state index contributed by atoms with van der Waals surface area (Å²) in [7, 11) is 0. The van der Waals surface area contributed by atoms with Gasteiger partial charge in [-0.25, -0.2) is 4.98 Å². The summed E-state index contributed by atoms with van der Waals surface area (Å²) >= 11 is 9.04. The highest BCUT2D eigenvalue weighted by molar-refractivity contribution is 8.01. The molecule has 0 unspecified atom stereocenters. The molecule has 1 heterocycles. The first-order valence-corrected chi connectivity index (χ1v) is 6.27. The van der Waals surface area contributed by atoms with Gasteiger partial charge in [0.15, 0.2) is 4.34 Å². The van der Waals surface area contributed by atoms with E-state index in [1.165, 1.54) is 0 Å². The van der Waals surface area contributed by atoms with Gasteiger partial charge >= 0.3 is 0 Å². The molecule has 0 aliphatic carbocycles. The molecule has 0 saturated carbocycles. The Balaban J connectivity index is 2.32. The number of nitrogens with zero attached hydrogens (tertiary/aromatic N) is 1. The molecule has 0 aliphatic heterocycles. The number of fused-ring (bicyclic) bond motifs is 1. The lowest BCUT2D eigenvalue weighted by molar-refractivity contribution is 0.322. The number of thiazole rings is 1.